The zero-order valence-electron chi connectivity index (χ0n) is 14.4. The van der Waals surface area contributed by atoms with Crippen LogP contribution < -0.4 is 0 Å². The summed E-state index contributed by atoms with van der Waals surface area (Å²) in [6.07, 6.45) is 1.84. The highest BCUT2D eigenvalue weighted by molar-refractivity contribution is 5.94. The number of aromatic nitrogens is 2. The summed E-state index contributed by atoms with van der Waals surface area (Å²) < 4.78 is 7.37. The minimum atomic E-state index is -0.0292. The summed E-state index contributed by atoms with van der Waals surface area (Å²) in [5, 5.41) is 4.26. The summed E-state index contributed by atoms with van der Waals surface area (Å²) in [7, 11) is 3.70. The fourth-order valence-electron chi connectivity index (χ4n) is 2.67. The number of benzene rings is 1. The molecule has 0 atom stereocenters. The second kappa shape index (κ2) is 6.35. The number of nitrogens with zero attached hydrogens (tertiary/aromatic N) is 3. The lowest BCUT2D eigenvalue weighted by atomic mass is 10.0. The lowest BCUT2D eigenvalue weighted by molar-refractivity contribution is 0.0775. The number of hydrogen-bond donors (Lipinski definition) is 0. The Morgan fingerprint density at radius 1 is 1.17 bits per heavy atom. The molecule has 1 aromatic carbocycles. The van der Waals surface area contributed by atoms with Crippen LogP contribution in [0.3, 0.4) is 0 Å². The van der Waals surface area contributed by atoms with E-state index in [2.05, 4.69) is 5.10 Å². The van der Waals surface area contributed by atoms with Crippen molar-refractivity contribution < 1.29 is 9.21 Å². The molecule has 1 amide bonds. The molecular formula is C19H21N3O2. The van der Waals surface area contributed by atoms with Gasteiger partial charge in [-0.15, -0.1) is 0 Å². The van der Waals surface area contributed by atoms with E-state index in [4.69, 9.17) is 4.42 Å². The van der Waals surface area contributed by atoms with Crippen molar-refractivity contribution in [3.05, 3.63) is 65.4 Å². The van der Waals surface area contributed by atoms with E-state index in [1.807, 2.05) is 68.2 Å². The summed E-state index contributed by atoms with van der Waals surface area (Å²) in [5.41, 5.74) is 3.89. The standard InChI is InChI=1S/C19H21N3O2/c1-13-5-10-17(24-13)12-21(3)19(23)16-8-6-15(7-9-16)18-11-20-22(4)14(18)2/h5-11H,12H2,1-4H3. The lowest BCUT2D eigenvalue weighted by Crippen LogP contribution is -2.25. The minimum absolute atomic E-state index is 0.0292. The summed E-state index contributed by atoms with van der Waals surface area (Å²) in [6, 6.07) is 11.4. The van der Waals surface area contributed by atoms with Crippen molar-refractivity contribution in [2.45, 2.75) is 20.4 Å². The van der Waals surface area contributed by atoms with Gasteiger partial charge in [0.05, 0.1) is 12.7 Å². The Morgan fingerprint density at radius 2 is 1.88 bits per heavy atom. The van der Waals surface area contributed by atoms with Crippen molar-refractivity contribution in [1.29, 1.82) is 0 Å². The van der Waals surface area contributed by atoms with Crippen molar-refractivity contribution >= 4 is 5.91 Å². The van der Waals surface area contributed by atoms with Crippen LogP contribution in [0, 0.1) is 13.8 Å². The Hall–Kier alpha value is -2.82. The molecule has 0 unspecified atom stereocenters. The van der Waals surface area contributed by atoms with Gasteiger partial charge in [-0.05, 0) is 43.7 Å². The van der Waals surface area contributed by atoms with Gasteiger partial charge in [0, 0.05) is 30.9 Å². The van der Waals surface area contributed by atoms with E-state index in [0.717, 1.165) is 28.3 Å². The van der Waals surface area contributed by atoms with Crippen molar-refractivity contribution in [2.24, 2.45) is 7.05 Å². The topological polar surface area (TPSA) is 51.3 Å². The van der Waals surface area contributed by atoms with Gasteiger partial charge in [-0.1, -0.05) is 12.1 Å². The minimum Gasteiger partial charge on any atom is -0.464 e. The van der Waals surface area contributed by atoms with Gasteiger partial charge in [-0.3, -0.25) is 9.48 Å². The van der Waals surface area contributed by atoms with Gasteiger partial charge in [0.2, 0.25) is 0 Å². The first kappa shape index (κ1) is 16.1. The number of carbonyl (C=O) groups excluding carboxylic acids is 1. The Kier molecular flexibility index (Phi) is 4.25. The SMILES string of the molecule is Cc1ccc(CN(C)C(=O)c2ccc(-c3cnn(C)c3C)cc2)o1. The first-order valence-corrected chi connectivity index (χ1v) is 7.85. The maximum atomic E-state index is 12.5. The number of furan rings is 1. The van der Waals surface area contributed by atoms with Crippen LogP contribution in [0.4, 0.5) is 0 Å². The van der Waals surface area contributed by atoms with Gasteiger partial charge in [0.25, 0.3) is 5.91 Å². The third-order valence-corrected chi connectivity index (χ3v) is 4.21. The smallest absolute Gasteiger partial charge is 0.254 e. The predicted octanol–water partition coefficient (Wildman–Crippen LogP) is 3.57. The van der Waals surface area contributed by atoms with E-state index in [0.29, 0.717) is 12.1 Å². The molecule has 0 aliphatic rings. The van der Waals surface area contributed by atoms with Crippen LogP contribution in [0.15, 0.2) is 47.0 Å². The quantitative estimate of drug-likeness (QED) is 0.737. The Balaban J connectivity index is 1.75. The normalized spacial score (nSPS) is 10.8. The van der Waals surface area contributed by atoms with Gasteiger partial charge in [-0.25, -0.2) is 0 Å². The molecule has 2 aromatic heterocycles. The summed E-state index contributed by atoms with van der Waals surface area (Å²) in [6.45, 7) is 4.38. The van der Waals surface area contributed by atoms with Crippen LogP contribution in [0.5, 0.6) is 0 Å². The van der Waals surface area contributed by atoms with Gasteiger partial charge in [0.15, 0.2) is 0 Å². The average molecular weight is 323 g/mol. The van der Waals surface area contributed by atoms with Crippen LogP contribution in [-0.2, 0) is 13.6 Å². The Morgan fingerprint density at radius 3 is 2.42 bits per heavy atom. The van der Waals surface area contributed by atoms with Crippen LogP contribution in [0.1, 0.15) is 27.6 Å². The summed E-state index contributed by atoms with van der Waals surface area (Å²) in [5.74, 6) is 1.60. The van der Waals surface area contributed by atoms with Crippen molar-refractivity contribution in [2.75, 3.05) is 7.05 Å². The van der Waals surface area contributed by atoms with E-state index < -0.39 is 0 Å². The molecule has 0 spiro atoms. The molecule has 0 bridgehead atoms. The van der Waals surface area contributed by atoms with E-state index in [1.54, 1.807) is 11.9 Å². The third kappa shape index (κ3) is 3.11. The first-order chi connectivity index (χ1) is 11.5. The number of rotatable bonds is 4. The maximum Gasteiger partial charge on any atom is 0.254 e. The van der Waals surface area contributed by atoms with Crippen molar-refractivity contribution in [1.82, 2.24) is 14.7 Å². The Bertz CT molecular complexity index is 859. The second-order valence-electron chi connectivity index (χ2n) is 6.02. The molecule has 0 N–H and O–H groups in total. The molecule has 2 heterocycles. The molecular weight excluding hydrogens is 302 g/mol. The number of aryl methyl sites for hydroxylation is 2. The number of hydrogen-bond acceptors (Lipinski definition) is 3. The van der Waals surface area contributed by atoms with Crippen LogP contribution in [0.2, 0.25) is 0 Å². The third-order valence-electron chi connectivity index (χ3n) is 4.21. The molecule has 5 nitrogen and oxygen atoms in total. The maximum absolute atomic E-state index is 12.5. The Labute approximate surface area is 141 Å². The molecule has 0 fully saturated rings. The van der Waals surface area contributed by atoms with Gasteiger partial charge >= 0.3 is 0 Å². The van der Waals surface area contributed by atoms with E-state index in [-0.39, 0.29) is 5.91 Å². The van der Waals surface area contributed by atoms with Gasteiger partial charge < -0.3 is 9.32 Å². The monoisotopic (exact) mass is 323 g/mol. The van der Waals surface area contributed by atoms with Crippen LogP contribution >= 0.6 is 0 Å². The highest BCUT2D eigenvalue weighted by atomic mass is 16.3. The molecule has 24 heavy (non-hydrogen) atoms. The zero-order chi connectivity index (χ0) is 17.3. The summed E-state index contributed by atoms with van der Waals surface area (Å²) in [4.78, 5) is 14.2. The molecule has 5 heteroatoms. The first-order valence-electron chi connectivity index (χ1n) is 7.85. The fourth-order valence-corrected chi connectivity index (χ4v) is 2.67. The molecule has 0 aliphatic carbocycles. The number of amides is 1. The van der Waals surface area contributed by atoms with Gasteiger partial charge in [0.1, 0.15) is 11.5 Å². The van der Waals surface area contributed by atoms with Gasteiger partial charge in [-0.2, -0.15) is 5.10 Å². The molecule has 0 radical (unpaired) electrons. The highest BCUT2D eigenvalue weighted by Crippen LogP contribution is 2.23. The van der Waals surface area contributed by atoms with Crippen LogP contribution in [0.25, 0.3) is 11.1 Å². The molecule has 3 aromatic rings. The zero-order valence-corrected chi connectivity index (χ0v) is 14.4. The molecule has 3 rings (SSSR count). The predicted molar refractivity (Wildman–Crippen MR) is 92.6 cm³/mol. The second-order valence-corrected chi connectivity index (χ2v) is 6.02. The van der Waals surface area contributed by atoms with Crippen LogP contribution in [-0.4, -0.2) is 27.6 Å². The largest absolute Gasteiger partial charge is 0.464 e. The summed E-state index contributed by atoms with van der Waals surface area (Å²) >= 11 is 0. The van der Waals surface area contributed by atoms with E-state index >= 15 is 0 Å². The van der Waals surface area contributed by atoms with Crippen molar-refractivity contribution in [3.63, 3.8) is 0 Å². The molecule has 0 aliphatic heterocycles. The fraction of sp³-hybridized carbons (Fsp3) is 0.263. The molecule has 124 valence electrons. The van der Waals surface area contributed by atoms with Crippen molar-refractivity contribution in [3.8, 4) is 11.1 Å². The molecule has 0 saturated carbocycles. The van der Waals surface area contributed by atoms with E-state index in [9.17, 15) is 4.79 Å². The molecule has 0 saturated heterocycles. The highest BCUT2D eigenvalue weighted by Gasteiger charge is 2.14. The lowest BCUT2D eigenvalue weighted by Gasteiger charge is -2.16. The number of carbonyl (C=O) groups is 1. The average Bonchev–Trinajstić information content (AvgIpc) is 3.13. The van der Waals surface area contributed by atoms with E-state index in [1.165, 1.54) is 0 Å².